The van der Waals surface area contributed by atoms with E-state index in [1.165, 1.54) is 0 Å². The van der Waals surface area contributed by atoms with Crippen LogP contribution in [0, 0.1) is 6.92 Å². The highest BCUT2D eigenvalue weighted by Gasteiger charge is 2.12. The fraction of sp³-hybridized carbons (Fsp3) is 0.171. The lowest BCUT2D eigenvalue weighted by atomic mass is 10.0. The number of carbonyl (C=O) groups is 1. The first-order valence-electron chi connectivity index (χ1n) is 13.9. The summed E-state index contributed by atoms with van der Waals surface area (Å²) in [7, 11) is 0. The van der Waals surface area contributed by atoms with Crippen molar-refractivity contribution in [3.05, 3.63) is 132 Å². The van der Waals surface area contributed by atoms with Crippen LogP contribution >= 0.6 is 0 Å². The molecule has 0 aliphatic heterocycles. The predicted molar refractivity (Wildman–Crippen MR) is 166 cm³/mol. The molecular weight excluding hydrogens is 524 g/mol. The number of amides is 1. The average Bonchev–Trinajstić information content (AvgIpc) is 3.45. The molecule has 4 aromatic carbocycles. The lowest BCUT2D eigenvalue weighted by molar-refractivity contribution is -0.123. The van der Waals surface area contributed by atoms with Crippen LogP contribution in [0.5, 0.6) is 11.5 Å². The number of aromatic nitrogens is 2. The molecule has 7 nitrogen and oxygen atoms in total. The maximum atomic E-state index is 12.5. The lowest BCUT2D eigenvalue weighted by Gasteiger charge is -2.12. The summed E-state index contributed by atoms with van der Waals surface area (Å²) in [5, 5.41) is 9.04. The Bertz CT molecular complexity index is 1640. The van der Waals surface area contributed by atoms with Gasteiger partial charge >= 0.3 is 0 Å². The van der Waals surface area contributed by atoms with Gasteiger partial charge in [-0.3, -0.25) is 4.79 Å². The van der Waals surface area contributed by atoms with E-state index in [9.17, 15) is 4.79 Å². The summed E-state index contributed by atoms with van der Waals surface area (Å²) in [6.45, 7) is 6.56. The molecule has 212 valence electrons. The van der Waals surface area contributed by atoms with Crippen molar-refractivity contribution >= 4 is 12.1 Å². The lowest BCUT2D eigenvalue weighted by Crippen LogP contribution is -2.24. The normalized spacial score (nSPS) is 11.1. The number of rotatable bonds is 11. The molecule has 1 aromatic heterocycles. The zero-order chi connectivity index (χ0) is 29.3. The van der Waals surface area contributed by atoms with Gasteiger partial charge in [0.25, 0.3) is 5.91 Å². The number of hydrogen-bond donors (Lipinski definition) is 1. The van der Waals surface area contributed by atoms with Gasteiger partial charge < -0.3 is 9.47 Å². The maximum absolute atomic E-state index is 12.5. The van der Waals surface area contributed by atoms with E-state index in [-0.39, 0.29) is 12.5 Å². The van der Waals surface area contributed by atoms with Gasteiger partial charge in [-0.15, -0.1) is 0 Å². The minimum Gasteiger partial charge on any atom is -0.489 e. The van der Waals surface area contributed by atoms with Crippen LogP contribution in [0.25, 0.3) is 16.9 Å². The third-order valence-corrected chi connectivity index (χ3v) is 6.77. The van der Waals surface area contributed by atoms with Crippen LogP contribution in [-0.4, -0.2) is 28.5 Å². The third kappa shape index (κ3) is 7.31. The zero-order valence-corrected chi connectivity index (χ0v) is 24.0. The van der Waals surface area contributed by atoms with Gasteiger partial charge in [0.2, 0.25) is 0 Å². The van der Waals surface area contributed by atoms with Gasteiger partial charge in [-0.05, 0) is 72.0 Å². The van der Waals surface area contributed by atoms with Crippen LogP contribution in [0.15, 0.2) is 114 Å². The SMILES string of the molecule is Cc1ccc(C(C)C)cc1OCC(=O)N/N=C\c1cn(-c2ccccc2)nc1-c1ccc(OCc2ccccc2)cc1. The summed E-state index contributed by atoms with van der Waals surface area (Å²) in [6.07, 6.45) is 3.49. The van der Waals surface area contributed by atoms with Crippen LogP contribution in [0.2, 0.25) is 0 Å². The van der Waals surface area contributed by atoms with Gasteiger partial charge in [-0.1, -0.05) is 74.5 Å². The van der Waals surface area contributed by atoms with Gasteiger partial charge in [0, 0.05) is 17.3 Å². The Kier molecular flexibility index (Phi) is 9.09. The fourth-order valence-corrected chi connectivity index (χ4v) is 4.35. The molecule has 0 aliphatic rings. The largest absolute Gasteiger partial charge is 0.489 e. The second-order valence-corrected chi connectivity index (χ2v) is 10.3. The Balaban J connectivity index is 1.28. The number of nitrogens with one attached hydrogen (secondary N) is 1. The molecule has 0 radical (unpaired) electrons. The number of ether oxygens (including phenoxy) is 2. The third-order valence-electron chi connectivity index (χ3n) is 6.77. The smallest absolute Gasteiger partial charge is 0.277 e. The highest BCUT2D eigenvalue weighted by molar-refractivity contribution is 5.89. The molecule has 0 bridgehead atoms. The Morgan fingerprint density at radius 3 is 2.36 bits per heavy atom. The van der Waals surface area contributed by atoms with Gasteiger partial charge in [0.1, 0.15) is 23.8 Å². The molecule has 1 heterocycles. The molecule has 5 rings (SSSR count). The van der Waals surface area contributed by atoms with Crippen LogP contribution in [-0.2, 0) is 11.4 Å². The molecule has 42 heavy (non-hydrogen) atoms. The van der Waals surface area contributed by atoms with Crippen molar-refractivity contribution in [2.45, 2.75) is 33.3 Å². The van der Waals surface area contributed by atoms with E-state index in [0.29, 0.717) is 18.3 Å². The molecule has 1 N–H and O–H groups in total. The minimum atomic E-state index is -0.350. The van der Waals surface area contributed by atoms with Crippen LogP contribution in [0.1, 0.15) is 42.0 Å². The monoisotopic (exact) mass is 558 g/mol. The summed E-state index contributed by atoms with van der Waals surface area (Å²) < 4.78 is 13.5. The number of aryl methyl sites for hydroxylation is 1. The van der Waals surface area contributed by atoms with Crippen molar-refractivity contribution in [2.24, 2.45) is 5.10 Å². The molecule has 0 fully saturated rings. The summed E-state index contributed by atoms with van der Waals surface area (Å²) >= 11 is 0. The van der Waals surface area contributed by atoms with Gasteiger partial charge in [-0.25, -0.2) is 10.1 Å². The van der Waals surface area contributed by atoms with E-state index in [4.69, 9.17) is 14.6 Å². The van der Waals surface area contributed by atoms with Gasteiger partial charge in [0.05, 0.1) is 11.9 Å². The molecule has 0 unspecified atom stereocenters. The number of hydrogen-bond acceptors (Lipinski definition) is 5. The van der Waals surface area contributed by atoms with Crippen molar-refractivity contribution in [1.82, 2.24) is 15.2 Å². The molecule has 0 atom stereocenters. The van der Waals surface area contributed by atoms with Gasteiger partial charge in [0.15, 0.2) is 6.61 Å². The number of hydrazone groups is 1. The summed E-state index contributed by atoms with van der Waals surface area (Å²) in [5.74, 6) is 1.48. The molecule has 0 saturated heterocycles. The quantitative estimate of drug-likeness (QED) is 0.139. The van der Waals surface area contributed by atoms with E-state index < -0.39 is 0 Å². The van der Waals surface area contributed by atoms with Crippen molar-refractivity contribution < 1.29 is 14.3 Å². The van der Waals surface area contributed by atoms with Gasteiger partial charge in [-0.2, -0.15) is 10.2 Å². The first kappa shape index (κ1) is 28.4. The fourth-order valence-electron chi connectivity index (χ4n) is 4.35. The standard InChI is InChI=1S/C35H34N4O3/c1-25(2)29-15-14-26(3)33(20-29)42-24-34(40)37-36-21-30-22-39(31-12-8-5-9-13-31)38-35(30)28-16-18-32(19-17-28)41-23-27-10-6-4-7-11-27/h4-22,25H,23-24H2,1-3H3,(H,37,40)/b36-21-. The molecule has 5 aromatic rings. The summed E-state index contributed by atoms with van der Waals surface area (Å²) in [4.78, 5) is 12.5. The van der Waals surface area contributed by atoms with Crippen LogP contribution in [0.3, 0.4) is 0 Å². The zero-order valence-electron chi connectivity index (χ0n) is 24.0. The Morgan fingerprint density at radius 2 is 1.64 bits per heavy atom. The Labute approximate surface area is 246 Å². The topological polar surface area (TPSA) is 77.7 Å². The molecule has 7 heteroatoms. The molecule has 1 amide bonds. The van der Waals surface area contributed by atoms with E-state index in [1.807, 2.05) is 110 Å². The maximum Gasteiger partial charge on any atom is 0.277 e. The number of carbonyl (C=O) groups excluding carboxylic acids is 1. The second kappa shape index (κ2) is 13.5. The number of nitrogens with zero attached hydrogens (tertiary/aromatic N) is 3. The number of benzene rings is 4. The van der Waals surface area contributed by atoms with Crippen LogP contribution < -0.4 is 14.9 Å². The highest BCUT2D eigenvalue weighted by atomic mass is 16.5. The summed E-state index contributed by atoms with van der Waals surface area (Å²) in [5.41, 5.74) is 9.10. The second-order valence-electron chi connectivity index (χ2n) is 10.3. The average molecular weight is 559 g/mol. The van der Waals surface area contributed by atoms with E-state index in [0.717, 1.165) is 44.9 Å². The first-order chi connectivity index (χ1) is 20.5. The number of para-hydroxylation sites is 1. The minimum absolute atomic E-state index is 0.139. The first-order valence-corrected chi connectivity index (χ1v) is 13.9. The Hall–Kier alpha value is -5.17. The predicted octanol–water partition coefficient (Wildman–Crippen LogP) is 7.08. The van der Waals surface area contributed by atoms with Crippen molar-refractivity contribution in [3.8, 4) is 28.4 Å². The molecule has 0 aliphatic carbocycles. The van der Waals surface area contributed by atoms with Crippen molar-refractivity contribution in [2.75, 3.05) is 6.61 Å². The van der Waals surface area contributed by atoms with Crippen molar-refractivity contribution in [1.29, 1.82) is 0 Å². The summed E-state index contributed by atoms with van der Waals surface area (Å²) in [6, 6.07) is 33.7. The van der Waals surface area contributed by atoms with Crippen LogP contribution in [0.4, 0.5) is 0 Å². The van der Waals surface area contributed by atoms with E-state index in [1.54, 1.807) is 10.9 Å². The molecular formula is C35H34N4O3. The molecule has 0 saturated carbocycles. The van der Waals surface area contributed by atoms with E-state index >= 15 is 0 Å². The molecule has 0 spiro atoms. The Morgan fingerprint density at radius 1 is 0.929 bits per heavy atom. The van der Waals surface area contributed by atoms with E-state index in [2.05, 4.69) is 30.4 Å². The van der Waals surface area contributed by atoms with Crippen molar-refractivity contribution in [3.63, 3.8) is 0 Å². The highest BCUT2D eigenvalue weighted by Crippen LogP contribution is 2.26.